The summed E-state index contributed by atoms with van der Waals surface area (Å²) in [7, 11) is 0. The number of carbonyl (C=O) groups is 1. The van der Waals surface area contributed by atoms with Crippen molar-refractivity contribution in [2.45, 2.75) is 33.1 Å². The smallest absolute Gasteiger partial charge is 0.349 e. The fourth-order valence-electron chi connectivity index (χ4n) is 4.20. The van der Waals surface area contributed by atoms with Crippen molar-refractivity contribution >= 4 is 5.97 Å². The molecular formula is C29H28N2O5. The predicted octanol–water partition coefficient (Wildman–Crippen LogP) is 5.29. The van der Waals surface area contributed by atoms with E-state index in [1.807, 2.05) is 63.2 Å². The van der Waals surface area contributed by atoms with Gasteiger partial charge in [0.2, 0.25) is 5.88 Å². The van der Waals surface area contributed by atoms with Gasteiger partial charge >= 0.3 is 5.97 Å². The van der Waals surface area contributed by atoms with Gasteiger partial charge in [0.1, 0.15) is 34.6 Å². The van der Waals surface area contributed by atoms with Crippen molar-refractivity contribution in [2.75, 3.05) is 13.2 Å². The molecule has 0 spiro atoms. The molecule has 0 radical (unpaired) electrons. The van der Waals surface area contributed by atoms with E-state index in [0.717, 1.165) is 28.7 Å². The Morgan fingerprint density at radius 3 is 2.47 bits per heavy atom. The second-order valence-electron chi connectivity index (χ2n) is 8.60. The maximum Gasteiger partial charge on any atom is 0.349 e. The van der Waals surface area contributed by atoms with Crippen molar-refractivity contribution in [1.82, 2.24) is 0 Å². The van der Waals surface area contributed by atoms with E-state index >= 15 is 0 Å². The topological polar surface area (TPSA) is 104 Å². The number of ether oxygens (including phenoxy) is 4. The number of nitrogens with zero attached hydrogens (tertiary/aromatic N) is 1. The van der Waals surface area contributed by atoms with Gasteiger partial charge in [0.15, 0.2) is 6.61 Å². The van der Waals surface area contributed by atoms with Gasteiger partial charge in [-0.2, -0.15) is 5.26 Å². The maximum atomic E-state index is 12.4. The number of para-hydroxylation sites is 1. The van der Waals surface area contributed by atoms with Crippen LogP contribution < -0.4 is 24.7 Å². The molecule has 1 atom stereocenters. The highest BCUT2D eigenvalue weighted by molar-refractivity contribution is 5.74. The first-order valence-corrected chi connectivity index (χ1v) is 11.7. The van der Waals surface area contributed by atoms with Crippen LogP contribution in [0.5, 0.6) is 23.0 Å². The van der Waals surface area contributed by atoms with Crippen molar-refractivity contribution in [3.05, 3.63) is 94.4 Å². The fraction of sp³-hybridized carbons (Fsp3) is 0.241. The summed E-state index contributed by atoms with van der Waals surface area (Å²) in [5.74, 6) is 0.934. The fourth-order valence-corrected chi connectivity index (χ4v) is 4.20. The second kappa shape index (κ2) is 10.9. The standard InChI is InChI=1S/C29H28N2O5/c1-4-11-33-25-8-6-5-7-22(25)28-23-10-9-20(15-26(23)36-29(31)24(28)16-30)35-27(32)17-34-21-13-18(2)12-19(3)14-21/h5-10,12-15,28H,4,11,17,31H2,1-3H3. The lowest BCUT2D eigenvalue weighted by atomic mass is 9.83. The zero-order valence-corrected chi connectivity index (χ0v) is 20.5. The minimum Gasteiger partial charge on any atom is -0.493 e. The third kappa shape index (κ3) is 5.44. The number of nitriles is 1. The van der Waals surface area contributed by atoms with Crippen molar-refractivity contribution in [2.24, 2.45) is 5.73 Å². The van der Waals surface area contributed by atoms with E-state index in [4.69, 9.17) is 24.7 Å². The summed E-state index contributed by atoms with van der Waals surface area (Å²) in [4.78, 5) is 12.4. The highest BCUT2D eigenvalue weighted by atomic mass is 16.6. The first-order chi connectivity index (χ1) is 17.4. The third-order valence-electron chi connectivity index (χ3n) is 5.67. The van der Waals surface area contributed by atoms with Crippen LogP contribution in [0.15, 0.2) is 72.1 Å². The molecule has 1 aliphatic heterocycles. The molecule has 0 saturated carbocycles. The number of allylic oxidation sites excluding steroid dienone is 1. The van der Waals surface area contributed by atoms with Gasteiger partial charge in [0, 0.05) is 17.2 Å². The Morgan fingerprint density at radius 2 is 1.75 bits per heavy atom. The molecule has 1 aliphatic rings. The van der Waals surface area contributed by atoms with Crippen LogP contribution in [-0.4, -0.2) is 19.2 Å². The Bertz CT molecular complexity index is 1340. The molecule has 0 amide bonds. The van der Waals surface area contributed by atoms with Crippen LogP contribution in [0.2, 0.25) is 0 Å². The molecule has 0 saturated heterocycles. The molecule has 2 N–H and O–H groups in total. The number of hydrogen-bond acceptors (Lipinski definition) is 7. The van der Waals surface area contributed by atoms with E-state index in [1.54, 1.807) is 18.2 Å². The van der Waals surface area contributed by atoms with Gasteiger partial charge < -0.3 is 24.7 Å². The quantitative estimate of drug-likeness (QED) is 0.342. The summed E-state index contributed by atoms with van der Waals surface area (Å²) in [6.45, 7) is 6.26. The lowest BCUT2D eigenvalue weighted by molar-refractivity contribution is -0.136. The number of esters is 1. The first kappa shape index (κ1) is 24.7. The summed E-state index contributed by atoms with van der Waals surface area (Å²) in [6.07, 6.45) is 0.851. The second-order valence-corrected chi connectivity index (χ2v) is 8.60. The van der Waals surface area contributed by atoms with E-state index in [1.165, 1.54) is 0 Å². The van der Waals surface area contributed by atoms with Gasteiger partial charge in [-0.3, -0.25) is 0 Å². The van der Waals surface area contributed by atoms with Crippen molar-refractivity contribution in [3.8, 4) is 29.1 Å². The zero-order chi connectivity index (χ0) is 25.7. The van der Waals surface area contributed by atoms with Crippen LogP contribution in [0, 0.1) is 25.2 Å². The van der Waals surface area contributed by atoms with E-state index in [0.29, 0.717) is 29.4 Å². The van der Waals surface area contributed by atoms with E-state index in [-0.39, 0.29) is 18.2 Å². The largest absolute Gasteiger partial charge is 0.493 e. The lowest BCUT2D eigenvalue weighted by Gasteiger charge is -2.28. The molecule has 0 bridgehead atoms. The van der Waals surface area contributed by atoms with Crippen LogP contribution in [0.25, 0.3) is 0 Å². The summed E-state index contributed by atoms with van der Waals surface area (Å²) in [5.41, 5.74) is 10.0. The molecule has 7 heteroatoms. The first-order valence-electron chi connectivity index (χ1n) is 11.7. The van der Waals surface area contributed by atoms with Gasteiger partial charge in [-0.1, -0.05) is 37.3 Å². The Balaban J connectivity index is 1.57. The average Bonchev–Trinajstić information content (AvgIpc) is 2.85. The highest BCUT2D eigenvalue weighted by Crippen LogP contribution is 2.45. The minimum absolute atomic E-state index is 0.00178. The van der Waals surface area contributed by atoms with Crippen LogP contribution in [0.4, 0.5) is 0 Å². The Kier molecular flexibility index (Phi) is 7.45. The molecular weight excluding hydrogens is 456 g/mol. The molecule has 1 unspecified atom stereocenters. The monoisotopic (exact) mass is 484 g/mol. The van der Waals surface area contributed by atoms with Crippen LogP contribution in [0.1, 0.15) is 41.5 Å². The Morgan fingerprint density at radius 1 is 1.00 bits per heavy atom. The van der Waals surface area contributed by atoms with Gasteiger partial charge in [-0.25, -0.2) is 4.79 Å². The molecule has 7 nitrogen and oxygen atoms in total. The Hall–Kier alpha value is -4.44. The van der Waals surface area contributed by atoms with Gasteiger partial charge in [-0.15, -0.1) is 0 Å². The van der Waals surface area contributed by atoms with Crippen LogP contribution in [-0.2, 0) is 4.79 Å². The van der Waals surface area contributed by atoms with E-state index < -0.39 is 11.9 Å². The molecule has 4 rings (SSSR count). The molecule has 3 aromatic rings. The summed E-state index contributed by atoms with van der Waals surface area (Å²) < 4.78 is 22.8. The van der Waals surface area contributed by atoms with Gasteiger partial charge in [0.25, 0.3) is 0 Å². The predicted molar refractivity (Wildman–Crippen MR) is 135 cm³/mol. The van der Waals surface area contributed by atoms with Crippen LogP contribution in [0.3, 0.4) is 0 Å². The van der Waals surface area contributed by atoms with Gasteiger partial charge in [-0.05, 0) is 55.7 Å². The average molecular weight is 485 g/mol. The minimum atomic E-state index is -0.555. The van der Waals surface area contributed by atoms with E-state index in [2.05, 4.69) is 6.07 Å². The molecule has 0 aliphatic carbocycles. The number of hydrogen-bond donors (Lipinski definition) is 1. The lowest BCUT2D eigenvalue weighted by Crippen LogP contribution is -2.22. The molecule has 184 valence electrons. The third-order valence-corrected chi connectivity index (χ3v) is 5.67. The summed E-state index contributed by atoms with van der Waals surface area (Å²) in [6, 6.07) is 20.5. The molecule has 0 fully saturated rings. The number of benzene rings is 3. The number of aryl methyl sites for hydroxylation is 2. The zero-order valence-electron chi connectivity index (χ0n) is 20.5. The van der Waals surface area contributed by atoms with Crippen molar-refractivity contribution < 1.29 is 23.7 Å². The SMILES string of the molecule is CCCOc1ccccc1C1C(C#N)=C(N)Oc2cc(OC(=O)COc3cc(C)cc(C)c3)ccc21. The highest BCUT2D eigenvalue weighted by Gasteiger charge is 2.33. The normalized spacial score (nSPS) is 14.3. The molecule has 0 aromatic heterocycles. The molecule has 36 heavy (non-hydrogen) atoms. The number of carbonyl (C=O) groups excluding carboxylic acids is 1. The van der Waals surface area contributed by atoms with Crippen molar-refractivity contribution in [1.29, 1.82) is 5.26 Å². The Labute approximate surface area is 210 Å². The maximum absolute atomic E-state index is 12.4. The molecule has 1 heterocycles. The number of nitrogens with two attached hydrogens (primary N) is 1. The summed E-state index contributed by atoms with van der Waals surface area (Å²) in [5, 5.41) is 9.85. The summed E-state index contributed by atoms with van der Waals surface area (Å²) >= 11 is 0. The van der Waals surface area contributed by atoms with E-state index in [9.17, 15) is 10.1 Å². The number of fused-ring (bicyclic) bond motifs is 1. The van der Waals surface area contributed by atoms with Crippen molar-refractivity contribution in [3.63, 3.8) is 0 Å². The van der Waals surface area contributed by atoms with Gasteiger partial charge in [0.05, 0.1) is 12.5 Å². The molecule has 3 aromatic carbocycles. The number of rotatable bonds is 8. The van der Waals surface area contributed by atoms with Crippen LogP contribution >= 0.6 is 0 Å².